The summed E-state index contributed by atoms with van der Waals surface area (Å²) in [5.74, 6) is -2.43. The van der Waals surface area contributed by atoms with Crippen LogP contribution in [0.1, 0.15) is 28.9 Å². The van der Waals surface area contributed by atoms with Crippen LogP contribution in [0.5, 0.6) is 0 Å². The first-order chi connectivity index (χ1) is 9.90. The Kier molecular flexibility index (Phi) is 4.43. The van der Waals surface area contributed by atoms with Gasteiger partial charge in [-0.3, -0.25) is 4.79 Å². The molecule has 1 amide bonds. The Morgan fingerprint density at radius 2 is 2.00 bits per heavy atom. The smallest absolute Gasteiger partial charge is 0.248 e. The van der Waals surface area contributed by atoms with Gasteiger partial charge in [-0.1, -0.05) is 23.7 Å². The number of hydrogen-bond acceptors (Lipinski definition) is 2. The van der Waals surface area contributed by atoms with Crippen molar-refractivity contribution in [3.63, 3.8) is 0 Å². The summed E-state index contributed by atoms with van der Waals surface area (Å²) in [5, 5.41) is 3.29. The van der Waals surface area contributed by atoms with Crippen LogP contribution >= 0.6 is 11.6 Å². The molecule has 0 saturated heterocycles. The van der Waals surface area contributed by atoms with E-state index < -0.39 is 23.6 Å². The minimum absolute atomic E-state index is 0.163. The van der Waals surface area contributed by atoms with Crippen LogP contribution < -0.4 is 11.1 Å². The molecular weight excluding hydrogens is 298 g/mol. The number of rotatable bonds is 4. The van der Waals surface area contributed by atoms with Gasteiger partial charge in [0, 0.05) is 11.1 Å². The zero-order valence-electron chi connectivity index (χ0n) is 11.2. The van der Waals surface area contributed by atoms with Crippen molar-refractivity contribution in [2.24, 2.45) is 5.73 Å². The highest BCUT2D eigenvalue weighted by atomic mass is 35.5. The van der Waals surface area contributed by atoms with Crippen molar-refractivity contribution >= 4 is 23.2 Å². The van der Waals surface area contributed by atoms with Gasteiger partial charge in [-0.15, -0.1) is 0 Å². The van der Waals surface area contributed by atoms with E-state index in [1.807, 2.05) is 0 Å². The fraction of sp³-hybridized carbons (Fsp3) is 0.133. The fourth-order valence-corrected chi connectivity index (χ4v) is 2.13. The molecule has 2 rings (SSSR count). The highest BCUT2D eigenvalue weighted by molar-refractivity contribution is 6.33. The third-order valence-corrected chi connectivity index (χ3v) is 3.40. The van der Waals surface area contributed by atoms with Gasteiger partial charge in [0.15, 0.2) is 11.6 Å². The van der Waals surface area contributed by atoms with Gasteiger partial charge in [-0.25, -0.2) is 8.78 Å². The lowest BCUT2D eigenvalue weighted by molar-refractivity contribution is 0.100. The molecule has 0 spiro atoms. The maximum atomic E-state index is 13.7. The maximum absolute atomic E-state index is 13.7. The molecule has 0 aliphatic heterocycles. The highest BCUT2D eigenvalue weighted by Gasteiger charge is 2.15. The van der Waals surface area contributed by atoms with Gasteiger partial charge < -0.3 is 11.1 Å². The molecule has 0 heterocycles. The Morgan fingerprint density at radius 1 is 1.29 bits per heavy atom. The zero-order chi connectivity index (χ0) is 15.6. The molecule has 0 saturated carbocycles. The summed E-state index contributed by atoms with van der Waals surface area (Å²) in [5.41, 5.74) is 6.05. The summed E-state index contributed by atoms with van der Waals surface area (Å²) in [6, 6.07) is 7.88. The average Bonchev–Trinajstić information content (AvgIpc) is 2.43. The van der Waals surface area contributed by atoms with Crippen LogP contribution in [0, 0.1) is 11.6 Å². The first-order valence-corrected chi connectivity index (χ1v) is 6.57. The first kappa shape index (κ1) is 15.3. The lowest BCUT2D eigenvalue weighted by atomic mass is 10.1. The molecule has 0 fully saturated rings. The Bertz CT molecular complexity index is 691. The number of halogens is 3. The quantitative estimate of drug-likeness (QED) is 0.900. The van der Waals surface area contributed by atoms with E-state index in [1.54, 1.807) is 6.92 Å². The predicted octanol–water partition coefficient (Wildman–Crippen LogP) is 3.89. The summed E-state index contributed by atoms with van der Waals surface area (Å²) in [6.07, 6.45) is 0. The van der Waals surface area contributed by atoms with E-state index in [9.17, 15) is 13.6 Å². The van der Waals surface area contributed by atoms with E-state index in [0.29, 0.717) is 10.7 Å². The summed E-state index contributed by atoms with van der Waals surface area (Å²) in [4.78, 5) is 11.2. The Labute approximate surface area is 125 Å². The van der Waals surface area contributed by atoms with Crippen molar-refractivity contribution in [2.45, 2.75) is 13.0 Å². The molecule has 1 atom stereocenters. The minimum Gasteiger partial charge on any atom is -0.377 e. The van der Waals surface area contributed by atoms with Crippen molar-refractivity contribution in [3.05, 3.63) is 64.2 Å². The van der Waals surface area contributed by atoms with E-state index in [0.717, 1.165) is 6.07 Å². The molecule has 3 N–H and O–H groups in total. The van der Waals surface area contributed by atoms with Crippen LogP contribution in [0.3, 0.4) is 0 Å². The molecule has 110 valence electrons. The second kappa shape index (κ2) is 6.10. The van der Waals surface area contributed by atoms with Gasteiger partial charge in [0.2, 0.25) is 5.91 Å². The van der Waals surface area contributed by atoms with Gasteiger partial charge in [0.25, 0.3) is 0 Å². The van der Waals surface area contributed by atoms with E-state index in [1.165, 1.54) is 30.3 Å². The summed E-state index contributed by atoms with van der Waals surface area (Å²) >= 11 is 6.02. The molecule has 0 aliphatic carbocycles. The van der Waals surface area contributed by atoms with Gasteiger partial charge in [0.05, 0.1) is 16.8 Å². The van der Waals surface area contributed by atoms with Crippen molar-refractivity contribution in [1.82, 2.24) is 0 Å². The molecular formula is C15H13ClF2N2O. The van der Waals surface area contributed by atoms with Crippen LogP contribution in [0.25, 0.3) is 0 Å². The number of nitrogens with two attached hydrogens (primary N) is 1. The third-order valence-electron chi connectivity index (χ3n) is 3.07. The Balaban J connectivity index is 2.31. The maximum Gasteiger partial charge on any atom is 0.248 e. The number of carbonyl (C=O) groups is 1. The third kappa shape index (κ3) is 3.31. The topological polar surface area (TPSA) is 55.1 Å². The number of carbonyl (C=O) groups excluding carboxylic acids is 1. The van der Waals surface area contributed by atoms with Crippen LogP contribution in [0.2, 0.25) is 5.02 Å². The minimum atomic E-state index is -0.918. The highest BCUT2D eigenvalue weighted by Crippen LogP contribution is 2.28. The predicted molar refractivity (Wildman–Crippen MR) is 78.4 cm³/mol. The second-order valence-electron chi connectivity index (χ2n) is 4.57. The van der Waals surface area contributed by atoms with E-state index in [4.69, 9.17) is 17.3 Å². The molecule has 6 heteroatoms. The molecule has 2 aromatic carbocycles. The van der Waals surface area contributed by atoms with Gasteiger partial charge in [-0.2, -0.15) is 0 Å². The Hall–Kier alpha value is -2.14. The average molecular weight is 311 g/mol. The van der Waals surface area contributed by atoms with Gasteiger partial charge in [0.1, 0.15) is 0 Å². The molecule has 21 heavy (non-hydrogen) atoms. The van der Waals surface area contributed by atoms with Gasteiger partial charge >= 0.3 is 0 Å². The number of hydrogen-bond donors (Lipinski definition) is 2. The van der Waals surface area contributed by atoms with Crippen LogP contribution in [-0.2, 0) is 0 Å². The fourth-order valence-electron chi connectivity index (χ4n) is 1.96. The lowest BCUT2D eigenvalue weighted by Gasteiger charge is -2.18. The van der Waals surface area contributed by atoms with Crippen molar-refractivity contribution in [3.8, 4) is 0 Å². The number of amides is 1. The number of benzene rings is 2. The van der Waals surface area contributed by atoms with E-state index in [2.05, 4.69) is 5.32 Å². The van der Waals surface area contributed by atoms with E-state index >= 15 is 0 Å². The molecule has 1 unspecified atom stereocenters. The van der Waals surface area contributed by atoms with Crippen LogP contribution in [-0.4, -0.2) is 5.91 Å². The van der Waals surface area contributed by atoms with E-state index in [-0.39, 0.29) is 11.1 Å². The lowest BCUT2D eigenvalue weighted by Crippen LogP contribution is -2.13. The second-order valence-corrected chi connectivity index (χ2v) is 4.98. The number of anilines is 1. The van der Waals surface area contributed by atoms with Crippen molar-refractivity contribution in [1.29, 1.82) is 0 Å². The normalized spacial score (nSPS) is 12.0. The van der Waals surface area contributed by atoms with Gasteiger partial charge in [-0.05, 0) is 31.2 Å². The molecule has 0 bridgehead atoms. The summed E-state index contributed by atoms with van der Waals surface area (Å²) < 4.78 is 27.0. The molecule has 2 aromatic rings. The summed E-state index contributed by atoms with van der Waals surface area (Å²) in [6.45, 7) is 1.66. The summed E-state index contributed by atoms with van der Waals surface area (Å²) in [7, 11) is 0. The van der Waals surface area contributed by atoms with Crippen LogP contribution in [0.15, 0.2) is 36.4 Å². The SMILES string of the molecule is CC(Nc1cc(C(N)=O)ccc1Cl)c1cccc(F)c1F. The number of primary amides is 1. The monoisotopic (exact) mass is 310 g/mol. The Morgan fingerprint density at radius 3 is 2.67 bits per heavy atom. The standard InChI is InChI=1S/C15H13ClF2N2O/c1-8(10-3-2-4-12(17)14(10)18)20-13-7-9(15(19)21)5-6-11(13)16/h2-8,20H,1H3,(H2,19,21). The van der Waals surface area contributed by atoms with Crippen LogP contribution in [0.4, 0.5) is 14.5 Å². The molecule has 0 radical (unpaired) electrons. The largest absolute Gasteiger partial charge is 0.377 e. The molecule has 3 nitrogen and oxygen atoms in total. The van der Waals surface area contributed by atoms with Crippen molar-refractivity contribution in [2.75, 3.05) is 5.32 Å². The van der Waals surface area contributed by atoms with Crippen molar-refractivity contribution < 1.29 is 13.6 Å². The first-order valence-electron chi connectivity index (χ1n) is 6.20. The molecule has 0 aliphatic rings. The molecule has 0 aromatic heterocycles. The number of nitrogens with one attached hydrogen (secondary N) is 1. The zero-order valence-corrected chi connectivity index (χ0v) is 11.9.